The van der Waals surface area contributed by atoms with E-state index in [1.807, 2.05) is 10.4 Å². The number of benzene rings is 1. The summed E-state index contributed by atoms with van der Waals surface area (Å²) in [6.07, 6.45) is 11.0. The van der Waals surface area contributed by atoms with E-state index in [9.17, 15) is 23.1 Å². The van der Waals surface area contributed by atoms with E-state index in [0.717, 1.165) is 70.6 Å². The molecule has 2 bridgehead atoms. The summed E-state index contributed by atoms with van der Waals surface area (Å²) < 4.78 is 37.3. The van der Waals surface area contributed by atoms with Crippen LogP contribution < -0.4 is 5.32 Å². The summed E-state index contributed by atoms with van der Waals surface area (Å²) in [6.45, 7) is 4.28. The molecule has 9 heteroatoms. The van der Waals surface area contributed by atoms with Crippen LogP contribution in [0.15, 0.2) is 30.3 Å². The van der Waals surface area contributed by atoms with Crippen LogP contribution in [0.3, 0.4) is 0 Å². The fourth-order valence-corrected chi connectivity index (χ4v) is 11.6. The van der Waals surface area contributed by atoms with Gasteiger partial charge in [-0.25, -0.2) is 13.2 Å². The summed E-state index contributed by atoms with van der Waals surface area (Å²) in [5.41, 5.74) is -0.566. The maximum atomic E-state index is 14.6. The monoisotopic (exact) mass is 588 g/mol. The number of ether oxygens (including phenoxy) is 1. The fraction of sp³-hybridized carbons (Fsp3) is 0.750. The van der Waals surface area contributed by atoms with Gasteiger partial charge in [0.2, 0.25) is 16.4 Å². The molecule has 0 aliphatic heterocycles. The van der Waals surface area contributed by atoms with Crippen molar-refractivity contribution in [3.8, 4) is 0 Å². The number of rotatable bonds is 11. The van der Waals surface area contributed by atoms with Crippen molar-refractivity contribution in [1.82, 2.24) is 9.62 Å². The van der Waals surface area contributed by atoms with Gasteiger partial charge in [0.25, 0.3) is 0 Å². The minimum atomic E-state index is -3.66. The number of sulfonamides is 1. The van der Waals surface area contributed by atoms with Crippen molar-refractivity contribution in [2.45, 2.75) is 128 Å². The van der Waals surface area contributed by atoms with E-state index >= 15 is 0 Å². The van der Waals surface area contributed by atoms with Crippen molar-refractivity contribution < 1.29 is 27.9 Å². The smallest absolute Gasteiger partial charge is 0.332 e. The number of carbonyl (C=O) groups excluding carboxylic acids is 2. The van der Waals surface area contributed by atoms with E-state index < -0.39 is 39.7 Å². The molecule has 5 rings (SSSR count). The topological polar surface area (TPSA) is 113 Å². The van der Waals surface area contributed by atoms with Crippen molar-refractivity contribution in [1.29, 1.82) is 0 Å². The highest BCUT2D eigenvalue weighted by molar-refractivity contribution is 7.89. The Morgan fingerprint density at radius 1 is 1.02 bits per heavy atom. The SMILES string of the molecule is CC1(C)[C@@H]2CC[C@@]1(CS(=O)(=O)N(C1CCCCC1)C1CCCCC1)[C@H](OC(=O)[C@@H](NC=O)[C@H](O)c1ccccc1)C2. The Balaban J connectivity index is 1.42. The average molecular weight is 589 g/mol. The number of carbonyl (C=O) groups is 2. The number of nitrogens with one attached hydrogen (secondary N) is 1. The Bertz CT molecular complexity index is 1140. The number of aliphatic hydroxyl groups excluding tert-OH is 1. The van der Waals surface area contributed by atoms with Gasteiger partial charge in [-0.2, -0.15) is 4.31 Å². The van der Waals surface area contributed by atoms with Gasteiger partial charge in [-0.15, -0.1) is 0 Å². The molecule has 1 aromatic rings. The normalized spacial score (nSPS) is 30.1. The fourth-order valence-electron chi connectivity index (χ4n) is 8.75. The molecule has 0 spiro atoms. The van der Waals surface area contributed by atoms with Gasteiger partial charge in [-0.05, 0) is 61.8 Å². The van der Waals surface area contributed by atoms with Crippen molar-refractivity contribution in [3.05, 3.63) is 35.9 Å². The van der Waals surface area contributed by atoms with Gasteiger partial charge in [0.05, 0.1) is 5.75 Å². The molecule has 4 aliphatic carbocycles. The van der Waals surface area contributed by atoms with Crippen LogP contribution in [0.1, 0.15) is 109 Å². The number of aliphatic hydroxyl groups is 1. The molecule has 0 saturated heterocycles. The van der Waals surface area contributed by atoms with E-state index in [2.05, 4.69) is 19.2 Å². The summed E-state index contributed by atoms with van der Waals surface area (Å²) >= 11 is 0. The molecule has 2 N–H and O–H groups in total. The Morgan fingerprint density at radius 3 is 2.15 bits per heavy atom. The molecule has 228 valence electrons. The zero-order chi connectivity index (χ0) is 29.3. The van der Waals surface area contributed by atoms with E-state index in [0.29, 0.717) is 24.8 Å². The van der Waals surface area contributed by atoms with E-state index in [1.165, 1.54) is 0 Å². The lowest BCUT2D eigenvalue weighted by Crippen LogP contribution is -2.55. The third-order valence-electron chi connectivity index (χ3n) is 11.2. The van der Waals surface area contributed by atoms with Gasteiger partial charge in [0.15, 0.2) is 6.04 Å². The minimum absolute atomic E-state index is 0.0263. The van der Waals surface area contributed by atoms with Gasteiger partial charge in [-0.3, -0.25) is 4.79 Å². The van der Waals surface area contributed by atoms with Gasteiger partial charge in [0, 0.05) is 17.5 Å². The third kappa shape index (κ3) is 5.83. The first kappa shape index (κ1) is 30.5. The predicted octanol–water partition coefficient (Wildman–Crippen LogP) is 4.87. The molecule has 0 radical (unpaired) electrons. The summed E-state index contributed by atoms with van der Waals surface area (Å²) in [4.78, 5) is 25.0. The Kier molecular flexibility index (Phi) is 9.17. The summed E-state index contributed by atoms with van der Waals surface area (Å²) in [5.74, 6) is -0.513. The molecule has 4 saturated carbocycles. The van der Waals surface area contributed by atoms with Crippen LogP contribution >= 0.6 is 0 Å². The number of hydrogen-bond donors (Lipinski definition) is 2. The Labute approximate surface area is 245 Å². The molecule has 0 unspecified atom stereocenters. The second-order valence-electron chi connectivity index (χ2n) is 13.6. The summed E-state index contributed by atoms with van der Waals surface area (Å²) in [5, 5.41) is 13.4. The molecular formula is C32H48N2O6S. The summed E-state index contributed by atoms with van der Waals surface area (Å²) in [7, 11) is -3.66. The second kappa shape index (κ2) is 12.3. The van der Waals surface area contributed by atoms with Crippen LogP contribution in [-0.4, -0.2) is 60.2 Å². The molecule has 0 heterocycles. The third-order valence-corrected chi connectivity index (χ3v) is 13.3. The van der Waals surface area contributed by atoms with E-state index in [4.69, 9.17) is 4.74 Å². The first-order valence-electron chi connectivity index (χ1n) is 15.7. The molecule has 8 nitrogen and oxygen atoms in total. The van der Waals surface area contributed by atoms with Crippen molar-refractivity contribution >= 4 is 22.4 Å². The van der Waals surface area contributed by atoms with Crippen LogP contribution in [0.4, 0.5) is 0 Å². The number of nitrogens with zero attached hydrogens (tertiary/aromatic N) is 1. The van der Waals surface area contributed by atoms with Crippen LogP contribution in [0, 0.1) is 16.7 Å². The van der Waals surface area contributed by atoms with Crippen LogP contribution in [0.5, 0.6) is 0 Å². The highest BCUT2D eigenvalue weighted by Crippen LogP contribution is 2.67. The quantitative estimate of drug-likeness (QED) is 0.282. The van der Waals surface area contributed by atoms with E-state index in [1.54, 1.807) is 24.3 Å². The summed E-state index contributed by atoms with van der Waals surface area (Å²) in [6, 6.07) is 7.52. The molecular weight excluding hydrogens is 540 g/mol. The first-order chi connectivity index (χ1) is 19.6. The maximum Gasteiger partial charge on any atom is 0.332 e. The number of esters is 1. The molecule has 41 heavy (non-hydrogen) atoms. The zero-order valence-corrected chi connectivity index (χ0v) is 25.5. The highest BCUT2D eigenvalue weighted by atomic mass is 32.2. The average Bonchev–Trinajstić information content (AvgIpc) is 3.32. The molecule has 4 aliphatic rings. The van der Waals surface area contributed by atoms with Gasteiger partial charge >= 0.3 is 5.97 Å². The predicted molar refractivity (Wildman–Crippen MR) is 157 cm³/mol. The molecule has 0 aromatic heterocycles. The Hall–Kier alpha value is -1.97. The van der Waals surface area contributed by atoms with Gasteiger partial charge in [0.1, 0.15) is 12.2 Å². The lowest BCUT2D eigenvalue weighted by molar-refractivity contribution is -0.163. The maximum absolute atomic E-state index is 14.6. The first-order valence-corrected chi connectivity index (χ1v) is 17.4. The number of fused-ring (bicyclic) bond motifs is 2. The second-order valence-corrected chi connectivity index (χ2v) is 15.4. The van der Waals surface area contributed by atoms with Crippen molar-refractivity contribution in [3.63, 3.8) is 0 Å². The molecule has 1 aromatic carbocycles. The highest BCUT2D eigenvalue weighted by Gasteiger charge is 2.67. The van der Waals surface area contributed by atoms with Crippen LogP contribution in [-0.2, 0) is 24.3 Å². The molecule has 4 fully saturated rings. The zero-order valence-electron chi connectivity index (χ0n) is 24.7. The van der Waals surface area contributed by atoms with Crippen molar-refractivity contribution in [2.75, 3.05) is 5.75 Å². The molecule has 5 atom stereocenters. The lowest BCUT2D eigenvalue weighted by Gasteiger charge is -2.46. The largest absolute Gasteiger partial charge is 0.460 e. The molecule has 1 amide bonds. The van der Waals surface area contributed by atoms with Crippen LogP contribution in [0.25, 0.3) is 0 Å². The van der Waals surface area contributed by atoms with Crippen LogP contribution in [0.2, 0.25) is 0 Å². The minimum Gasteiger partial charge on any atom is -0.460 e. The van der Waals surface area contributed by atoms with Crippen molar-refractivity contribution in [2.24, 2.45) is 16.7 Å². The van der Waals surface area contributed by atoms with E-state index in [-0.39, 0.29) is 29.2 Å². The number of amides is 1. The Morgan fingerprint density at radius 2 is 1.61 bits per heavy atom. The van der Waals surface area contributed by atoms with Gasteiger partial charge in [-0.1, -0.05) is 82.7 Å². The number of hydrogen-bond acceptors (Lipinski definition) is 6. The lowest BCUT2D eigenvalue weighted by atomic mass is 9.69. The van der Waals surface area contributed by atoms with Gasteiger partial charge < -0.3 is 15.2 Å². The standard InChI is InChI=1S/C32H48N2O6S/c1-31(2)24-18-19-32(31,21-41(38,39)34(25-14-8-4-9-15-25)26-16-10-5-11-17-26)27(20-24)40-30(37)28(33-22-35)29(36)23-12-6-3-7-13-23/h3,6-7,12-13,22,24-29,36H,4-5,8-11,14-21H2,1-2H3,(H,33,35)/t24-,27-,28+,29-,32-/m1/s1.